The molecule has 1 N–H and O–H groups in total. The van der Waals surface area contributed by atoms with E-state index in [9.17, 15) is 9.59 Å². The summed E-state index contributed by atoms with van der Waals surface area (Å²) in [4.78, 5) is 21.7. The van der Waals surface area contributed by atoms with E-state index in [4.69, 9.17) is 11.5 Å². The van der Waals surface area contributed by atoms with Crippen LogP contribution < -0.4 is 5.56 Å². The summed E-state index contributed by atoms with van der Waals surface area (Å²) < 4.78 is 1.04. The van der Waals surface area contributed by atoms with Gasteiger partial charge in [0.25, 0.3) is 5.56 Å². The number of carbonyl (C=O) groups is 1. The number of aromatic carboxylic acids is 1. The van der Waals surface area contributed by atoms with Gasteiger partial charge in [0.2, 0.25) is 0 Å². The predicted molar refractivity (Wildman–Crippen MR) is 48.9 cm³/mol. The first-order chi connectivity index (χ1) is 6.65. The Morgan fingerprint density at radius 2 is 2.36 bits per heavy atom. The van der Waals surface area contributed by atoms with E-state index in [2.05, 4.69) is 11.0 Å². The van der Waals surface area contributed by atoms with E-state index in [0.717, 1.165) is 16.8 Å². The van der Waals surface area contributed by atoms with Gasteiger partial charge in [0.1, 0.15) is 0 Å². The van der Waals surface area contributed by atoms with Crippen LogP contribution in [0, 0.1) is 12.3 Å². The Balaban J connectivity index is 3.03. The second-order valence-electron chi connectivity index (χ2n) is 2.54. The number of terminal acetylenes is 1. The summed E-state index contributed by atoms with van der Waals surface area (Å²) in [5.74, 6) is 1.18. The van der Waals surface area contributed by atoms with Crippen molar-refractivity contribution in [3.63, 3.8) is 0 Å². The van der Waals surface area contributed by atoms with Gasteiger partial charge in [0.15, 0.2) is 5.69 Å². The smallest absolute Gasteiger partial charge is 0.356 e. The Labute approximate surface area is 80.0 Å². The molecule has 0 aliphatic heterocycles. The van der Waals surface area contributed by atoms with E-state index in [-0.39, 0.29) is 17.8 Å². The van der Waals surface area contributed by atoms with Gasteiger partial charge in [-0.25, -0.2) is 9.48 Å². The van der Waals surface area contributed by atoms with Gasteiger partial charge < -0.3 is 5.11 Å². The molecule has 0 amide bonds. The fourth-order valence-corrected chi connectivity index (χ4v) is 0.894. The van der Waals surface area contributed by atoms with Crippen LogP contribution in [0.1, 0.15) is 16.9 Å². The van der Waals surface area contributed by atoms with Gasteiger partial charge in [-0.05, 0) is 6.07 Å². The van der Waals surface area contributed by atoms with Crippen LogP contribution in [0.25, 0.3) is 0 Å². The average molecular weight is 192 g/mol. The molecule has 0 aromatic carbocycles. The summed E-state index contributed by atoms with van der Waals surface area (Å²) in [5, 5.41) is 12.2. The Morgan fingerprint density at radius 1 is 1.64 bits per heavy atom. The minimum absolute atomic E-state index is 0.165. The highest BCUT2D eigenvalue weighted by atomic mass is 16.4. The zero-order chi connectivity index (χ0) is 10.6. The van der Waals surface area contributed by atoms with E-state index in [1.54, 1.807) is 0 Å². The summed E-state index contributed by atoms with van der Waals surface area (Å²) in [7, 11) is 0. The number of carboxylic acid groups (broad SMARTS) is 1. The quantitative estimate of drug-likeness (QED) is 0.682. The third kappa shape index (κ3) is 2.20. The summed E-state index contributed by atoms with van der Waals surface area (Å²) in [6, 6.07) is 2.32. The molecule has 0 atom stereocenters. The molecule has 1 aromatic heterocycles. The van der Waals surface area contributed by atoms with Gasteiger partial charge >= 0.3 is 5.97 Å². The summed E-state index contributed by atoms with van der Waals surface area (Å²) in [5.41, 5.74) is -0.521. The van der Waals surface area contributed by atoms with Crippen molar-refractivity contribution in [2.24, 2.45) is 0 Å². The van der Waals surface area contributed by atoms with Gasteiger partial charge in [-0.2, -0.15) is 5.10 Å². The Hall–Kier alpha value is -2.09. The first kappa shape index (κ1) is 9.99. The Bertz CT molecular complexity index is 442. The van der Waals surface area contributed by atoms with Gasteiger partial charge in [-0.3, -0.25) is 4.79 Å². The van der Waals surface area contributed by atoms with Crippen LogP contribution in [-0.2, 0) is 6.54 Å². The fraction of sp³-hybridized carbons (Fsp3) is 0.222. The molecule has 1 aromatic rings. The Kier molecular flexibility index (Phi) is 3.02. The number of hydrogen-bond donors (Lipinski definition) is 1. The first-order valence-electron chi connectivity index (χ1n) is 3.90. The molecule has 72 valence electrons. The van der Waals surface area contributed by atoms with Crippen molar-refractivity contribution in [1.29, 1.82) is 0 Å². The molecule has 5 nitrogen and oxygen atoms in total. The van der Waals surface area contributed by atoms with Crippen molar-refractivity contribution in [3.05, 3.63) is 28.2 Å². The van der Waals surface area contributed by atoms with Crippen molar-refractivity contribution >= 4 is 5.97 Å². The zero-order valence-corrected chi connectivity index (χ0v) is 7.30. The molecule has 0 aliphatic rings. The minimum atomic E-state index is -1.17. The molecular formula is C9H8N2O3. The van der Waals surface area contributed by atoms with Crippen molar-refractivity contribution < 1.29 is 9.90 Å². The van der Waals surface area contributed by atoms with Crippen LogP contribution in [0.5, 0.6) is 0 Å². The molecule has 1 rings (SSSR count). The highest BCUT2D eigenvalue weighted by molar-refractivity contribution is 5.84. The van der Waals surface area contributed by atoms with Crippen molar-refractivity contribution in [3.8, 4) is 12.3 Å². The lowest BCUT2D eigenvalue weighted by molar-refractivity contribution is 0.0687. The number of aromatic nitrogens is 2. The van der Waals surface area contributed by atoms with E-state index in [1.807, 2.05) is 0 Å². The molecule has 0 aliphatic carbocycles. The highest BCUT2D eigenvalue weighted by Gasteiger charge is 2.06. The largest absolute Gasteiger partial charge is 0.476 e. The number of carboxylic acids is 1. The lowest BCUT2D eigenvalue weighted by atomic mass is 10.4. The second kappa shape index (κ2) is 4.23. The number of rotatable bonds is 3. The van der Waals surface area contributed by atoms with E-state index < -0.39 is 5.97 Å². The number of nitrogens with zero attached hydrogens (tertiary/aromatic N) is 2. The third-order valence-electron chi connectivity index (χ3n) is 1.55. The molecule has 5 heteroatoms. The number of hydrogen-bond acceptors (Lipinski definition) is 3. The summed E-state index contributed by atoms with van der Waals surface area (Å²) >= 11 is 0. The maximum absolute atomic E-state index is 11.1. The van der Waals surface area contributed by atoms with Crippen LogP contribution >= 0.6 is 0 Å². The van der Waals surface area contributed by atoms with Gasteiger partial charge in [-0.1, -0.05) is 0 Å². The second-order valence-corrected chi connectivity index (χ2v) is 2.54. The lowest BCUT2D eigenvalue weighted by Crippen LogP contribution is -2.24. The van der Waals surface area contributed by atoms with E-state index in [0.29, 0.717) is 6.42 Å². The fourth-order valence-electron chi connectivity index (χ4n) is 0.894. The molecule has 0 unspecified atom stereocenters. The van der Waals surface area contributed by atoms with Crippen LogP contribution in [0.2, 0.25) is 0 Å². The van der Waals surface area contributed by atoms with E-state index >= 15 is 0 Å². The molecule has 0 spiro atoms. The average Bonchev–Trinajstić information content (AvgIpc) is 2.16. The molecule has 0 fully saturated rings. The van der Waals surface area contributed by atoms with Crippen LogP contribution in [-0.4, -0.2) is 20.9 Å². The molecule has 0 saturated carbocycles. The molecule has 0 radical (unpaired) electrons. The molecule has 1 heterocycles. The maximum Gasteiger partial charge on any atom is 0.356 e. The maximum atomic E-state index is 11.1. The van der Waals surface area contributed by atoms with Gasteiger partial charge in [0, 0.05) is 12.5 Å². The van der Waals surface area contributed by atoms with Crippen LogP contribution in [0.15, 0.2) is 16.9 Å². The predicted octanol–water partition coefficient (Wildman–Crippen LogP) is -0.0352. The Morgan fingerprint density at radius 3 is 2.93 bits per heavy atom. The monoisotopic (exact) mass is 192 g/mol. The van der Waals surface area contributed by atoms with Crippen LogP contribution in [0.4, 0.5) is 0 Å². The van der Waals surface area contributed by atoms with Crippen molar-refractivity contribution in [2.75, 3.05) is 0 Å². The highest BCUT2D eigenvalue weighted by Crippen LogP contribution is 1.90. The normalized spacial score (nSPS) is 9.36. The van der Waals surface area contributed by atoms with Crippen LogP contribution in [0.3, 0.4) is 0 Å². The molecular weight excluding hydrogens is 184 g/mol. The third-order valence-corrected chi connectivity index (χ3v) is 1.55. The summed E-state index contributed by atoms with van der Waals surface area (Å²) in [6.07, 6.45) is 5.36. The van der Waals surface area contributed by atoms with Crippen molar-refractivity contribution in [2.45, 2.75) is 13.0 Å². The zero-order valence-electron chi connectivity index (χ0n) is 7.30. The topological polar surface area (TPSA) is 72.2 Å². The molecule has 0 saturated heterocycles. The standard InChI is InChI=1S/C9H8N2O3/c1-2-3-6-11-8(12)5-4-7(10-11)9(13)14/h1,4-5H,3,6H2,(H,13,14). The summed E-state index contributed by atoms with van der Waals surface area (Å²) in [6.45, 7) is 0.233. The molecule has 14 heavy (non-hydrogen) atoms. The molecule has 0 bridgehead atoms. The van der Waals surface area contributed by atoms with E-state index in [1.165, 1.54) is 0 Å². The van der Waals surface area contributed by atoms with Gasteiger partial charge in [-0.15, -0.1) is 12.3 Å². The number of aryl methyl sites for hydroxylation is 1. The SMILES string of the molecule is C#CCCn1nc(C(=O)O)ccc1=O. The minimum Gasteiger partial charge on any atom is -0.476 e. The lowest BCUT2D eigenvalue weighted by Gasteiger charge is -2.01. The van der Waals surface area contributed by atoms with Gasteiger partial charge in [0.05, 0.1) is 6.54 Å². The van der Waals surface area contributed by atoms with Crippen molar-refractivity contribution in [1.82, 2.24) is 9.78 Å². The first-order valence-corrected chi connectivity index (χ1v) is 3.90.